The number of methoxy groups -OCH3 is 1. The van der Waals surface area contributed by atoms with Crippen LogP contribution in [0.2, 0.25) is 0 Å². The van der Waals surface area contributed by atoms with Gasteiger partial charge < -0.3 is 19.9 Å². The highest BCUT2D eigenvalue weighted by molar-refractivity contribution is 5.79. The molecule has 2 heterocycles. The third-order valence-corrected chi connectivity index (χ3v) is 6.17. The highest BCUT2D eigenvalue weighted by Gasteiger charge is 2.26. The van der Waals surface area contributed by atoms with Crippen LogP contribution in [0.5, 0.6) is 11.8 Å². The van der Waals surface area contributed by atoms with Crippen molar-refractivity contribution in [3.8, 4) is 17.4 Å². The lowest BCUT2D eigenvalue weighted by atomic mass is 9.98. The molecule has 2 N–H and O–H groups in total. The Morgan fingerprint density at radius 3 is 2.88 bits per heavy atom. The summed E-state index contributed by atoms with van der Waals surface area (Å²) < 4.78 is 13.3. The molecule has 4 aromatic rings. The van der Waals surface area contributed by atoms with Crippen molar-refractivity contribution in [3.05, 3.63) is 77.4 Å². The van der Waals surface area contributed by atoms with Crippen LogP contribution >= 0.6 is 0 Å². The molecule has 0 spiro atoms. The molecule has 1 atom stereocenters. The van der Waals surface area contributed by atoms with Gasteiger partial charge in [0.25, 0.3) is 0 Å². The molecule has 0 radical (unpaired) electrons. The minimum Gasteiger partial charge on any atom is -0.493 e. The number of fused-ring (bicyclic) bond motifs is 2. The second-order valence-electron chi connectivity index (χ2n) is 8.20. The fourth-order valence-electron chi connectivity index (χ4n) is 4.44. The van der Waals surface area contributed by atoms with Gasteiger partial charge in [-0.3, -0.25) is 9.36 Å². The SMILES string of the molecule is COc1nc2ccccc2n1-c1cccc(CNc2ccc3c(c2)OC[C@H]3CC(=O)O)c1C. The van der Waals surface area contributed by atoms with E-state index in [0.29, 0.717) is 19.2 Å². The summed E-state index contributed by atoms with van der Waals surface area (Å²) in [5, 5.41) is 12.6. The maximum atomic E-state index is 11.1. The first kappa shape index (κ1) is 20.9. The van der Waals surface area contributed by atoms with Crippen molar-refractivity contribution >= 4 is 22.7 Å². The van der Waals surface area contributed by atoms with Gasteiger partial charge >= 0.3 is 12.0 Å². The molecular weight excluding hydrogens is 418 g/mol. The van der Waals surface area contributed by atoms with Crippen LogP contribution in [-0.2, 0) is 11.3 Å². The van der Waals surface area contributed by atoms with Gasteiger partial charge in [-0.2, -0.15) is 4.98 Å². The fraction of sp³-hybridized carbons (Fsp3) is 0.231. The van der Waals surface area contributed by atoms with E-state index in [1.165, 1.54) is 0 Å². The van der Waals surface area contributed by atoms with Gasteiger partial charge in [0.15, 0.2) is 0 Å². The van der Waals surface area contributed by atoms with Crippen LogP contribution in [0.25, 0.3) is 16.7 Å². The third-order valence-electron chi connectivity index (χ3n) is 6.17. The molecule has 0 amide bonds. The summed E-state index contributed by atoms with van der Waals surface area (Å²) in [6.45, 7) is 3.14. The molecule has 33 heavy (non-hydrogen) atoms. The number of nitrogens with zero attached hydrogens (tertiary/aromatic N) is 2. The topological polar surface area (TPSA) is 85.6 Å². The van der Waals surface area contributed by atoms with Crippen molar-refractivity contribution in [2.45, 2.75) is 25.8 Å². The van der Waals surface area contributed by atoms with Crippen LogP contribution in [0.15, 0.2) is 60.7 Å². The third kappa shape index (κ3) is 3.86. The molecule has 0 unspecified atom stereocenters. The van der Waals surface area contributed by atoms with Crippen molar-refractivity contribution in [1.82, 2.24) is 9.55 Å². The van der Waals surface area contributed by atoms with E-state index in [9.17, 15) is 4.79 Å². The van der Waals surface area contributed by atoms with Crippen LogP contribution in [0.1, 0.15) is 29.0 Å². The number of carboxylic acids is 1. The Hall–Kier alpha value is -4.00. The predicted octanol–water partition coefficient (Wildman–Crippen LogP) is 4.91. The number of para-hydroxylation sites is 2. The summed E-state index contributed by atoms with van der Waals surface area (Å²) >= 11 is 0. The lowest BCUT2D eigenvalue weighted by Gasteiger charge is -2.16. The molecule has 0 saturated carbocycles. The number of rotatable bonds is 7. The Labute approximate surface area is 191 Å². The van der Waals surface area contributed by atoms with Gasteiger partial charge in [0, 0.05) is 29.8 Å². The van der Waals surface area contributed by atoms with Gasteiger partial charge in [0.2, 0.25) is 0 Å². The fourth-order valence-corrected chi connectivity index (χ4v) is 4.44. The van der Waals surface area contributed by atoms with E-state index in [0.717, 1.165) is 44.8 Å². The number of benzene rings is 3. The number of aromatic nitrogens is 2. The average Bonchev–Trinajstić information content (AvgIpc) is 3.39. The number of imidazole rings is 1. The maximum Gasteiger partial charge on any atom is 0.304 e. The van der Waals surface area contributed by atoms with E-state index < -0.39 is 5.97 Å². The van der Waals surface area contributed by atoms with Crippen LogP contribution in [0.3, 0.4) is 0 Å². The summed E-state index contributed by atoms with van der Waals surface area (Å²) in [6.07, 6.45) is 0.0815. The first-order chi connectivity index (χ1) is 16.0. The summed E-state index contributed by atoms with van der Waals surface area (Å²) in [4.78, 5) is 15.7. The van der Waals surface area contributed by atoms with Crippen molar-refractivity contribution in [2.24, 2.45) is 0 Å². The van der Waals surface area contributed by atoms with Crippen LogP contribution in [-0.4, -0.2) is 34.3 Å². The largest absolute Gasteiger partial charge is 0.493 e. The first-order valence-electron chi connectivity index (χ1n) is 10.9. The highest BCUT2D eigenvalue weighted by Crippen LogP contribution is 2.38. The molecule has 3 aromatic carbocycles. The Balaban J connectivity index is 1.40. The van der Waals surface area contributed by atoms with Crippen molar-refractivity contribution in [1.29, 1.82) is 0 Å². The number of hydrogen-bond acceptors (Lipinski definition) is 5. The van der Waals surface area contributed by atoms with E-state index in [1.807, 2.05) is 53.1 Å². The molecule has 7 nitrogen and oxygen atoms in total. The minimum absolute atomic E-state index is 0.0815. The molecule has 1 aromatic heterocycles. The van der Waals surface area contributed by atoms with Gasteiger partial charge in [-0.25, -0.2) is 0 Å². The molecule has 168 valence electrons. The predicted molar refractivity (Wildman–Crippen MR) is 127 cm³/mol. The normalized spacial score (nSPS) is 14.7. The maximum absolute atomic E-state index is 11.1. The Morgan fingerprint density at radius 2 is 2.06 bits per heavy atom. The van der Waals surface area contributed by atoms with Gasteiger partial charge in [-0.1, -0.05) is 30.3 Å². The van der Waals surface area contributed by atoms with Gasteiger partial charge in [-0.05, 0) is 42.3 Å². The molecule has 0 aliphatic carbocycles. The van der Waals surface area contributed by atoms with Crippen molar-refractivity contribution < 1.29 is 19.4 Å². The monoisotopic (exact) mass is 443 g/mol. The van der Waals surface area contributed by atoms with E-state index in [-0.39, 0.29) is 12.3 Å². The zero-order valence-electron chi connectivity index (χ0n) is 18.5. The summed E-state index contributed by atoms with van der Waals surface area (Å²) in [7, 11) is 1.63. The molecule has 1 aliphatic rings. The lowest BCUT2D eigenvalue weighted by molar-refractivity contribution is -0.137. The number of anilines is 1. The Bertz CT molecular complexity index is 1340. The van der Waals surface area contributed by atoms with Crippen molar-refractivity contribution in [3.63, 3.8) is 0 Å². The number of carbonyl (C=O) groups is 1. The number of nitrogens with one attached hydrogen (secondary N) is 1. The summed E-state index contributed by atoms with van der Waals surface area (Å²) in [6, 6.07) is 20.6. The Morgan fingerprint density at radius 1 is 1.21 bits per heavy atom. The van der Waals surface area contributed by atoms with Crippen molar-refractivity contribution in [2.75, 3.05) is 19.0 Å². The summed E-state index contributed by atoms with van der Waals surface area (Å²) in [5.41, 5.74) is 7.07. The van der Waals surface area contributed by atoms with Crippen LogP contribution in [0, 0.1) is 6.92 Å². The molecule has 0 bridgehead atoms. The Kier molecular flexibility index (Phi) is 5.38. The summed E-state index contributed by atoms with van der Waals surface area (Å²) in [5.74, 6) is -0.145. The standard InChI is InChI=1S/C26H25N3O4/c1-16-17(14-27-19-10-11-20-18(12-25(30)31)15-33-24(20)13-19)6-5-9-22(16)29-23-8-4-3-7-21(23)28-26(29)32-2/h3-11,13,18,27H,12,14-15H2,1-2H3,(H,30,31)/t18-/m1/s1. The van der Waals surface area contributed by atoms with E-state index in [1.54, 1.807) is 7.11 Å². The smallest absolute Gasteiger partial charge is 0.304 e. The molecule has 7 heteroatoms. The van der Waals surface area contributed by atoms with Crippen LogP contribution in [0.4, 0.5) is 5.69 Å². The number of ether oxygens (including phenoxy) is 2. The van der Waals surface area contributed by atoms with E-state index in [4.69, 9.17) is 14.6 Å². The second-order valence-corrected chi connectivity index (χ2v) is 8.20. The van der Waals surface area contributed by atoms with Gasteiger partial charge in [0.1, 0.15) is 5.75 Å². The van der Waals surface area contributed by atoms with Gasteiger partial charge in [-0.15, -0.1) is 0 Å². The van der Waals surface area contributed by atoms with Gasteiger partial charge in [0.05, 0.1) is 36.9 Å². The minimum atomic E-state index is -0.809. The zero-order chi connectivity index (χ0) is 22.9. The highest BCUT2D eigenvalue weighted by atomic mass is 16.5. The first-order valence-corrected chi connectivity index (χ1v) is 10.9. The average molecular weight is 444 g/mol. The van der Waals surface area contributed by atoms with E-state index in [2.05, 4.69) is 29.4 Å². The zero-order valence-corrected chi connectivity index (χ0v) is 18.5. The molecule has 1 aliphatic heterocycles. The molecular formula is C26H25N3O4. The number of hydrogen-bond donors (Lipinski definition) is 2. The number of aliphatic carboxylic acids is 1. The number of carboxylic acid groups (broad SMARTS) is 1. The molecule has 0 fully saturated rings. The second kappa shape index (κ2) is 8.50. The quantitative estimate of drug-likeness (QED) is 0.422. The van der Waals surface area contributed by atoms with E-state index >= 15 is 0 Å². The lowest BCUT2D eigenvalue weighted by Crippen LogP contribution is -2.07. The molecule has 5 rings (SSSR count). The molecule has 0 saturated heterocycles. The van der Waals surface area contributed by atoms with Crippen LogP contribution < -0.4 is 14.8 Å².